The molecule has 0 N–H and O–H groups in total. The van der Waals surface area contributed by atoms with Crippen LogP contribution in [-0.2, 0) is 17.6 Å². The molecule has 4 rings (SSSR count). The monoisotopic (exact) mass is 359 g/mol. The molecule has 4 heteroatoms. The molecule has 1 saturated heterocycles. The van der Waals surface area contributed by atoms with E-state index in [4.69, 9.17) is 4.98 Å². The van der Waals surface area contributed by atoms with Crippen LogP contribution in [0, 0.1) is 0 Å². The van der Waals surface area contributed by atoms with Crippen molar-refractivity contribution in [2.75, 3.05) is 13.1 Å². The second-order valence-corrected chi connectivity index (χ2v) is 7.39. The molecule has 0 amide bonds. The third-order valence-electron chi connectivity index (χ3n) is 5.49. The standard InChI is InChI=1S/C23H25N3O/c1-17-4-3-13-26(17)14-11-18-7-9-21-19(16-18)8-10-23(25-21)22-6-2-5-20(24-22)12-15-27/h2,5-10,15-17H,3-4,11-14H2,1H3/t17-/m1/s1. The van der Waals surface area contributed by atoms with Gasteiger partial charge in [0.25, 0.3) is 0 Å². The van der Waals surface area contributed by atoms with Gasteiger partial charge < -0.3 is 9.69 Å². The smallest absolute Gasteiger partial charge is 0.125 e. The molecule has 3 aromatic rings. The summed E-state index contributed by atoms with van der Waals surface area (Å²) in [5.41, 5.74) is 4.77. The number of benzene rings is 1. The average Bonchev–Trinajstić information content (AvgIpc) is 3.11. The van der Waals surface area contributed by atoms with E-state index >= 15 is 0 Å². The number of aldehydes is 1. The lowest BCUT2D eigenvalue weighted by Crippen LogP contribution is -2.28. The highest BCUT2D eigenvalue weighted by atomic mass is 16.1. The van der Waals surface area contributed by atoms with E-state index in [0.29, 0.717) is 6.42 Å². The molecule has 0 aliphatic carbocycles. The first-order valence-electron chi connectivity index (χ1n) is 9.76. The molecule has 138 valence electrons. The van der Waals surface area contributed by atoms with Gasteiger partial charge in [-0.15, -0.1) is 0 Å². The van der Waals surface area contributed by atoms with Crippen molar-refractivity contribution in [1.29, 1.82) is 0 Å². The maximum atomic E-state index is 10.7. The van der Waals surface area contributed by atoms with Crippen molar-refractivity contribution in [1.82, 2.24) is 14.9 Å². The SMILES string of the molecule is C[C@@H]1CCCN1CCc1ccc2nc(-c3cccc(CC=O)n3)ccc2c1. The highest BCUT2D eigenvalue weighted by molar-refractivity contribution is 5.81. The fourth-order valence-electron chi connectivity index (χ4n) is 3.89. The summed E-state index contributed by atoms with van der Waals surface area (Å²) in [6.45, 7) is 4.69. The zero-order valence-corrected chi connectivity index (χ0v) is 15.8. The molecule has 0 bridgehead atoms. The second-order valence-electron chi connectivity index (χ2n) is 7.39. The number of likely N-dealkylation sites (tertiary alicyclic amines) is 1. The van der Waals surface area contributed by atoms with E-state index in [-0.39, 0.29) is 0 Å². The topological polar surface area (TPSA) is 46.1 Å². The van der Waals surface area contributed by atoms with Gasteiger partial charge in [0.05, 0.1) is 16.9 Å². The lowest BCUT2D eigenvalue weighted by Gasteiger charge is -2.20. The molecule has 0 radical (unpaired) electrons. The van der Waals surface area contributed by atoms with Gasteiger partial charge in [-0.05, 0) is 68.6 Å². The molecule has 1 aliphatic rings. The lowest BCUT2D eigenvalue weighted by molar-refractivity contribution is -0.107. The Morgan fingerprint density at radius 2 is 2.00 bits per heavy atom. The van der Waals surface area contributed by atoms with Gasteiger partial charge in [-0.3, -0.25) is 4.98 Å². The number of carbonyl (C=O) groups is 1. The van der Waals surface area contributed by atoms with Crippen molar-refractivity contribution >= 4 is 17.2 Å². The summed E-state index contributed by atoms with van der Waals surface area (Å²) in [4.78, 5) is 22.6. The first kappa shape index (κ1) is 17.8. The van der Waals surface area contributed by atoms with Gasteiger partial charge in [0.15, 0.2) is 0 Å². The summed E-state index contributed by atoms with van der Waals surface area (Å²) in [5.74, 6) is 0. The van der Waals surface area contributed by atoms with E-state index in [2.05, 4.69) is 41.1 Å². The number of carbonyl (C=O) groups excluding carboxylic acids is 1. The van der Waals surface area contributed by atoms with E-state index < -0.39 is 0 Å². The maximum Gasteiger partial charge on any atom is 0.125 e. The first-order valence-corrected chi connectivity index (χ1v) is 9.76. The maximum absolute atomic E-state index is 10.7. The molecule has 3 heterocycles. The molecular weight excluding hydrogens is 334 g/mol. The third-order valence-corrected chi connectivity index (χ3v) is 5.49. The van der Waals surface area contributed by atoms with Gasteiger partial charge in [-0.25, -0.2) is 4.98 Å². The minimum absolute atomic E-state index is 0.334. The van der Waals surface area contributed by atoms with Crippen LogP contribution in [-0.4, -0.2) is 40.3 Å². The second kappa shape index (κ2) is 7.97. The Bertz CT molecular complexity index is 953. The third kappa shape index (κ3) is 4.06. The summed E-state index contributed by atoms with van der Waals surface area (Å²) < 4.78 is 0. The number of hydrogen-bond acceptors (Lipinski definition) is 4. The van der Waals surface area contributed by atoms with Crippen molar-refractivity contribution < 1.29 is 4.79 Å². The molecular formula is C23H25N3O. The van der Waals surface area contributed by atoms with Gasteiger partial charge in [0.2, 0.25) is 0 Å². The van der Waals surface area contributed by atoms with Crippen molar-refractivity contribution in [2.24, 2.45) is 0 Å². The van der Waals surface area contributed by atoms with Crippen LogP contribution in [0.1, 0.15) is 31.0 Å². The van der Waals surface area contributed by atoms with Crippen LogP contribution in [0.5, 0.6) is 0 Å². The fraction of sp³-hybridized carbons (Fsp3) is 0.348. The number of nitrogens with zero attached hydrogens (tertiary/aromatic N) is 3. The fourth-order valence-corrected chi connectivity index (χ4v) is 3.89. The Balaban J connectivity index is 1.53. The van der Waals surface area contributed by atoms with Crippen molar-refractivity contribution in [3.8, 4) is 11.4 Å². The van der Waals surface area contributed by atoms with E-state index in [1.54, 1.807) is 0 Å². The van der Waals surface area contributed by atoms with Crippen LogP contribution in [0.4, 0.5) is 0 Å². The van der Waals surface area contributed by atoms with Gasteiger partial charge in [-0.1, -0.05) is 18.2 Å². The molecule has 1 aromatic carbocycles. The van der Waals surface area contributed by atoms with E-state index in [9.17, 15) is 4.79 Å². The molecule has 1 atom stereocenters. The molecule has 27 heavy (non-hydrogen) atoms. The summed E-state index contributed by atoms with van der Waals surface area (Å²) in [6.07, 6.45) is 4.95. The molecule has 2 aromatic heterocycles. The molecule has 0 unspecified atom stereocenters. The number of hydrogen-bond donors (Lipinski definition) is 0. The van der Waals surface area contributed by atoms with E-state index in [1.165, 1.54) is 24.9 Å². The van der Waals surface area contributed by atoms with Gasteiger partial charge in [0.1, 0.15) is 6.29 Å². The Kier molecular flexibility index (Phi) is 5.26. The van der Waals surface area contributed by atoms with Crippen LogP contribution in [0.15, 0.2) is 48.5 Å². The van der Waals surface area contributed by atoms with E-state index in [1.807, 2.05) is 24.3 Å². The van der Waals surface area contributed by atoms with Gasteiger partial charge >= 0.3 is 0 Å². The molecule has 0 spiro atoms. The van der Waals surface area contributed by atoms with Crippen molar-refractivity contribution in [3.63, 3.8) is 0 Å². The highest BCUT2D eigenvalue weighted by Crippen LogP contribution is 2.22. The molecule has 1 fully saturated rings. The largest absolute Gasteiger partial charge is 0.303 e. The summed E-state index contributed by atoms with van der Waals surface area (Å²) in [7, 11) is 0. The Morgan fingerprint density at radius 1 is 1.11 bits per heavy atom. The first-order chi connectivity index (χ1) is 13.2. The van der Waals surface area contributed by atoms with Crippen molar-refractivity contribution in [3.05, 3.63) is 59.8 Å². The van der Waals surface area contributed by atoms with Gasteiger partial charge in [-0.2, -0.15) is 0 Å². The molecule has 1 aliphatic heterocycles. The molecule has 0 saturated carbocycles. The van der Waals surface area contributed by atoms with Crippen LogP contribution in [0.2, 0.25) is 0 Å². The van der Waals surface area contributed by atoms with Gasteiger partial charge in [0, 0.05) is 30.1 Å². The van der Waals surface area contributed by atoms with Crippen LogP contribution in [0.3, 0.4) is 0 Å². The highest BCUT2D eigenvalue weighted by Gasteiger charge is 2.19. The summed E-state index contributed by atoms with van der Waals surface area (Å²) >= 11 is 0. The normalized spacial score (nSPS) is 17.4. The minimum Gasteiger partial charge on any atom is -0.303 e. The lowest BCUT2D eigenvalue weighted by atomic mass is 10.1. The number of aromatic nitrogens is 2. The quantitative estimate of drug-likeness (QED) is 0.623. The van der Waals surface area contributed by atoms with Crippen LogP contribution < -0.4 is 0 Å². The predicted octanol–water partition coefficient (Wildman–Crippen LogP) is 4.07. The number of rotatable bonds is 6. The minimum atomic E-state index is 0.334. The number of pyridine rings is 2. The predicted molar refractivity (Wildman–Crippen MR) is 109 cm³/mol. The molecule has 4 nitrogen and oxygen atoms in total. The average molecular weight is 359 g/mol. The zero-order valence-electron chi connectivity index (χ0n) is 15.8. The Labute approximate surface area is 160 Å². The van der Waals surface area contributed by atoms with Crippen LogP contribution in [0.25, 0.3) is 22.3 Å². The zero-order chi connectivity index (χ0) is 18.6. The summed E-state index contributed by atoms with van der Waals surface area (Å²) in [5, 5.41) is 1.16. The number of fused-ring (bicyclic) bond motifs is 1. The Morgan fingerprint density at radius 3 is 2.81 bits per heavy atom. The Hall–Kier alpha value is -2.59. The van der Waals surface area contributed by atoms with Crippen LogP contribution >= 0.6 is 0 Å². The summed E-state index contributed by atoms with van der Waals surface area (Å²) in [6, 6.07) is 17.1. The van der Waals surface area contributed by atoms with Crippen molar-refractivity contribution in [2.45, 2.75) is 38.6 Å². The van der Waals surface area contributed by atoms with E-state index in [0.717, 1.165) is 53.3 Å².